The van der Waals surface area contributed by atoms with Crippen LogP contribution in [-0.2, 0) is 4.79 Å². The molecule has 1 N–H and O–H groups in total. The molecule has 9 heteroatoms. The quantitative estimate of drug-likeness (QED) is 0.418. The molecule has 0 saturated heterocycles. The molecule has 0 unspecified atom stereocenters. The van der Waals surface area contributed by atoms with Crippen LogP contribution in [0.1, 0.15) is 21.3 Å². The second-order valence-electron chi connectivity index (χ2n) is 6.81. The predicted octanol–water partition coefficient (Wildman–Crippen LogP) is 5.42. The molecule has 0 fully saturated rings. The molecule has 1 aliphatic heterocycles. The number of Topliss-reactive ketones (excluding diaryl/α,β-unsaturated/α-hetero) is 1. The van der Waals surface area contributed by atoms with Crippen LogP contribution in [0.25, 0.3) is 10.2 Å². The third kappa shape index (κ3) is 3.22. The highest BCUT2D eigenvalue weighted by molar-refractivity contribution is 7.22. The van der Waals surface area contributed by atoms with Gasteiger partial charge in [-0.05, 0) is 47.3 Å². The van der Waals surface area contributed by atoms with Crippen LogP contribution in [-0.4, -0.2) is 21.8 Å². The number of aliphatic hydroxyl groups excluding tert-OH is 1. The van der Waals surface area contributed by atoms with Crippen LogP contribution >= 0.6 is 22.7 Å². The van der Waals surface area contributed by atoms with Crippen molar-refractivity contribution in [3.05, 3.63) is 93.4 Å². The van der Waals surface area contributed by atoms with Gasteiger partial charge in [0.05, 0.1) is 26.7 Å². The number of carbonyl (C=O) groups excluding carboxylic acids is 2. The third-order valence-electron chi connectivity index (χ3n) is 4.93. The molecule has 0 spiro atoms. The third-order valence-corrected chi connectivity index (χ3v) is 6.81. The lowest BCUT2D eigenvalue weighted by Crippen LogP contribution is -2.30. The Bertz CT molecular complexity index is 1360. The fourth-order valence-electron chi connectivity index (χ4n) is 3.52. The first-order chi connectivity index (χ1) is 14.9. The van der Waals surface area contributed by atoms with E-state index in [2.05, 4.69) is 4.98 Å². The van der Waals surface area contributed by atoms with E-state index >= 15 is 0 Å². The lowest BCUT2D eigenvalue weighted by molar-refractivity contribution is -0.117. The van der Waals surface area contributed by atoms with Crippen LogP contribution in [0.4, 0.5) is 13.9 Å². The van der Waals surface area contributed by atoms with Gasteiger partial charge < -0.3 is 5.11 Å². The fourth-order valence-corrected chi connectivity index (χ4v) is 5.22. The molecule has 0 radical (unpaired) electrons. The molecule has 5 nitrogen and oxygen atoms in total. The minimum atomic E-state index is -1.01. The van der Waals surface area contributed by atoms with Crippen LogP contribution in [0.2, 0.25) is 0 Å². The summed E-state index contributed by atoms with van der Waals surface area (Å²) in [5.41, 5.74) is 0.804. The van der Waals surface area contributed by atoms with Crippen LogP contribution in [0.3, 0.4) is 0 Å². The van der Waals surface area contributed by atoms with E-state index in [1.807, 2.05) is 0 Å². The summed E-state index contributed by atoms with van der Waals surface area (Å²) in [7, 11) is 0. The average molecular weight is 454 g/mol. The first-order valence-electron chi connectivity index (χ1n) is 9.10. The van der Waals surface area contributed by atoms with E-state index in [9.17, 15) is 23.5 Å². The minimum Gasteiger partial charge on any atom is -0.503 e. The van der Waals surface area contributed by atoms with E-state index < -0.39 is 35.1 Å². The highest BCUT2D eigenvalue weighted by Crippen LogP contribution is 2.44. The van der Waals surface area contributed by atoms with Crippen molar-refractivity contribution in [3.63, 3.8) is 0 Å². The van der Waals surface area contributed by atoms with Gasteiger partial charge in [0.25, 0.3) is 5.91 Å². The predicted molar refractivity (Wildman–Crippen MR) is 115 cm³/mol. The van der Waals surface area contributed by atoms with Gasteiger partial charge in [-0.15, -0.1) is 11.3 Å². The van der Waals surface area contributed by atoms with E-state index in [4.69, 9.17) is 0 Å². The smallest absolute Gasteiger partial charge is 0.296 e. The van der Waals surface area contributed by atoms with Crippen molar-refractivity contribution in [2.75, 3.05) is 4.90 Å². The first kappa shape index (κ1) is 19.5. The van der Waals surface area contributed by atoms with Crippen molar-refractivity contribution < 1.29 is 23.5 Å². The number of aliphatic hydroxyl groups is 1. The molecule has 2 aromatic carbocycles. The van der Waals surface area contributed by atoms with E-state index in [1.165, 1.54) is 58.7 Å². The van der Waals surface area contributed by atoms with Gasteiger partial charge in [0.1, 0.15) is 11.6 Å². The Hall–Kier alpha value is -3.43. The number of hydrogen-bond acceptors (Lipinski definition) is 6. The number of anilines is 1. The van der Waals surface area contributed by atoms with Crippen molar-refractivity contribution in [3.8, 4) is 0 Å². The molecule has 3 heterocycles. The number of halogens is 2. The van der Waals surface area contributed by atoms with Gasteiger partial charge in [-0.25, -0.2) is 13.8 Å². The Labute approximate surface area is 182 Å². The lowest BCUT2D eigenvalue weighted by atomic mass is 9.95. The van der Waals surface area contributed by atoms with E-state index in [1.54, 1.807) is 17.5 Å². The van der Waals surface area contributed by atoms with Crippen molar-refractivity contribution in [2.24, 2.45) is 0 Å². The molecule has 0 saturated carbocycles. The van der Waals surface area contributed by atoms with Gasteiger partial charge in [-0.1, -0.05) is 29.5 Å². The number of aromatic nitrogens is 1. The number of rotatable bonds is 4. The first-order valence-corrected chi connectivity index (χ1v) is 10.8. The Morgan fingerprint density at radius 2 is 1.81 bits per heavy atom. The molecule has 31 heavy (non-hydrogen) atoms. The zero-order chi connectivity index (χ0) is 21.7. The largest absolute Gasteiger partial charge is 0.503 e. The number of nitrogens with zero attached hydrogens (tertiary/aromatic N) is 2. The monoisotopic (exact) mass is 454 g/mol. The highest BCUT2D eigenvalue weighted by atomic mass is 32.1. The van der Waals surface area contributed by atoms with Crippen molar-refractivity contribution in [1.29, 1.82) is 0 Å². The molecular formula is C22H12F2N2O3S2. The Morgan fingerprint density at radius 1 is 1.06 bits per heavy atom. The summed E-state index contributed by atoms with van der Waals surface area (Å²) < 4.78 is 27.7. The van der Waals surface area contributed by atoms with Crippen molar-refractivity contribution >= 4 is 49.7 Å². The Kier molecular flexibility index (Phi) is 4.64. The van der Waals surface area contributed by atoms with Crippen LogP contribution in [0.15, 0.2) is 71.3 Å². The maximum atomic E-state index is 13.6. The molecular weight excluding hydrogens is 442 g/mol. The molecule has 5 rings (SSSR count). The number of amides is 1. The van der Waals surface area contributed by atoms with E-state index in [0.29, 0.717) is 20.7 Å². The van der Waals surface area contributed by atoms with Gasteiger partial charge in [0.15, 0.2) is 10.9 Å². The van der Waals surface area contributed by atoms with Gasteiger partial charge >= 0.3 is 0 Å². The Morgan fingerprint density at radius 3 is 2.52 bits per heavy atom. The van der Waals surface area contributed by atoms with Crippen LogP contribution in [0.5, 0.6) is 0 Å². The summed E-state index contributed by atoms with van der Waals surface area (Å²) in [6.07, 6.45) is 0. The number of thiazole rings is 1. The zero-order valence-electron chi connectivity index (χ0n) is 15.6. The van der Waals surface area contributed by atoms with E-state index in [-0.39, 0.29) is 10.7 Å². The summed E-state index contributed by atoms with van der Waals surface area (Å²) >= 11 is 2.24. The number of ketones is 1. The summed E-state index contributed by atoms with van der Waals surface area (Å²) in [5, 5.41) is 12.6. The summed E-state index contributed by atoms with van der Waals surface area (Å²) in [6.45, 7) is 0. The highest BCUT2D eigenvalue weighted by Gasteiger charge is 2.46. The average Bonchev–Trinajstić information content (AvgIpc) is 3.47. The lowest BCUT2D eigenvalue weighted by Gasteiger charge is -2.24. The van der Waals surface area contributed by atoms with Crippen LogP contribution in [0, 0.1) is 11.6 Å². The maximum absolute atomic E-state index is 13.6. The SMILES string of the molecule is O=C(C1=C(O)C(=O)N(c2nc3ccc(F)cc3s2)[C@H]1c1ccc(F)cc1)c1cccs1. The molecule has 1 amide bonds. The van der Waals surface area contributed by atoms with E-state index in [0.717, 1.165) is 11.3 Å². The van der Waals surface area contributed by atoms with Gasteiger partial charge in [-0.3, -0.25) is 14.5 Å². The van der Waals surface area contributed by atoms with Crippen LogP contribution < -0.4 is 4.90 Å². The number of thiophene rings is 1. The molecule has 4 aromatic rings. The summed E-state index contributed by atoms with van der Waals surface area (Å²) in [5.74, 6) is -2.90. The standard InChI is InChI=1S/C22H12F2N2O3S2/c23-12-5-3-11(4-6-12)18-17(19(27)15-2-1-9-30-15)20(28)21(29)26(18)22-25-14-8-7-13(24)10-16(14)31-22/h1-10,18,28H/t18-/m0/s1. The molecule has 2 aromatic heterocycles. The van der Waals surface area contributed by atoms with Gasteiger partial charge in [0, 0.05) is 0 Å². The molecule has 0 bridgehead atoms. The molecule has 1 aliphatic rings. The topological polar surface area (TPSA) is 70.5 Å². The van der Waals surface area contributed by atoms with Gasteiger partial charge in [0.2, 0.25) is 5.78 Å². The molecule has 1 atom stereocenters. The number of hydrogen-bond donors (Lipinski definition) is 1. The normalized spacial score (nSPS) is 16.5. The van der Waals surface area contributed by atoms with Crippen molar-refractivity contribution in [1.82, 2.24) is 4.98 Å². The second-order valence-corrected chi connectivity index (χ2v) is 8.76. The molecule has 154 valence electrons. The fraction of sp³-hybridized carbons (Fsp3) is 0.0455. The number of carbonyl (C=O) groups is 2. The summed E-state index contributed by atoms with van der Waals surface area (Å²) in [4.78, 5) is 32.2. The Balaban J connectivity index is 1.68. The zero-order valence-corrected chi connectivity index (χ0v) is 17.2. The van der Waals surface area contributed by atoms with Gasteiger partial charge in [-0.2, -0.15) is 0 Å². The number of fused-ring (bicyclic) bond motifs is 1. The van der Waals surface area contributed by atoms with Crippen molar-refractivity contribution in [2.45, 2.75) is 6.04 Å². The minimum absolute atomic E-state index is 0.107. The number of benzene rings is 2. The summed E-state index contributed by atoms with van der Waals surface area (Å²) in [6, 6.07) is 11.7. The molecule has 0 aliphatic carbocycles. The second kappa shape index (κ2) is 7.36. The maximum Gasteiger partial charge on any atom is 0.296 e.